The SMILES string of the molecule is CC1(Nc2nc(N)ncc2Cl)CCS(=O)(=O)C1. The van der Waals surface area contributed by atoms with Crippen molar-refractivity contribution in [2.24, 2.45) is 0 Å². The summed E-state index contributed by atoms with van der Waals surface area (Å²) in [6.07, 6.45) is 1.91. The molecule has 2 heterocycles. The smallest absolute Gasteiger partial charge is 0.222 e. The number of nitrogens with one attached hydrogen (secondary N) is 1. The first-order valence-corrected chi connectivity index (χ1v) is 7.26. The number of hydrogen-bond donors (Lipinski definition) is 2. The van der Waals surface area contributed by atoms with Crippen molar-refractivity contribution in [3.8, 4) is 0 Å². The number of rotatable bonds is 2. The Balaban J connectivity index is 2.24. The fraction of sp³-hybridized carbons (Fsp3) is 0.556. The molecule has 1 aliphatic heterocycles. The van der Waals surface area contributed by atoms with Gasteiger partial charge in [0, 0.05) is 0 Å². The Morgan fingerprint density at radius 2 is 2.29 bits per heavy atom. The summed E-state index contributed by atoms with van der Waals surface area (Å²) in [6.45, 7) is 1.83. The van der Waals surface area contributed by atoms with Crippen molar-refractivity contribution in [1.82, 2.24) is 9.97 Å². The van der Waals surface area contributed by atoms with Crippen LogP contribution in [-0.2, 0) is 9.84 Å². The van der Waals surface area contributed by atoms with Crippen LogP contribution >= 0.6 is 11.6 Å². The molecule has 2 rings (SSSR count). The molecule has 1 aliphatic rings. The first-order chi connectivity index (χ1) is 7.80. The molecule has 1 fully saturated rings. The predicted molar refractivity (Wildman–Crippen MR) is 66.8 cm³/mol. The highest BCUT2D eigenvalue weighted by molar-refractivity contribution is 7.91. The number of hydrogen-bond acceptors (Lipinski definition) is 6. The van der Waals surface area contributed by atoms with Gasteiger partial charge in [-0.05, 0) is 13.3 Å². The summed E-state index contributed by atoms with van der Waals surface area (Å²) in [5, 5.41) is 3.36. The largest absolute Gasteiger partial charge is 0.368 e. The quantitative estimate of drug-likeness (QED) is 0.825. The van der Waals surface area contributed by atoms with Crippen molar-refractivity contribution in [3.63, 3.8) is 0 Å². The summed E-state index contributed by atoms with van der Waals surface area (Å²) in [7, 11) is -2.98. The van der Waals surface area contributed by atoms with E-state index in [-0.39, 0.29) is 17.5 Å². The van der Waals surface area contributed by atoms with E-state index in [0.29, 0.717) is 17.3 Å². The molecule has 94 valence electrons. The third kappa shape index (κ3) is 2.78. The van der Waals surface area contributed by atoms with Crippen LogP contribution < -0.4 is 11.1 Å². The molecular weight excluding hydrogens is 264 g/mol. The monoisotopic (exact) mass is 276 g/mol. The normalized spacial score (nSPS) is 26.9. The fourth-order valence-corrected chi connectivity index (χ4v) is 4.09. The molecule has 0 spiro atoms. The second-order valence-electron chi connectivity index (χ2n) is 4.45. The molecule has 0 amide bonds. The second-order valence-corrected chi connectivity index (χ2v) is 7.04. The van der Waals surface area contributed by atoms with Crippen molar-refractivity contribution < 1.29 is 8.42 Å². The average Bonchev–Trinajstić information content (AvgIpc) is 2.47. The zero-order valence-corrected chi connectivity index (χ0v) is 10.8. The van der Waals surface area contributed by atoms with Crippen molar-refractivity contribution in [1.29, 1.82) is 0 Å². The number of sulfone groups is 1. The zero-order chi connectivity index (χ0) is 12.7. The molecule has 0 radical (unpaired) electrons. The van der Waals surface area contributed by atoms with E-state index in [4.69, 9.17) is 17.3 Å². The predicted octanol–water partition coefficient (Wildman–Crippen LogP) is 0.701. The zero-order valence-electron chi connectivity index (χ0n) is 9.27. The van der Waals surface area contributed by atoms with Gasteiger partial charge in [0.2, 0.25) is 5.95 Å². The molecule has 1 aromatic rings. The van der Waals surface area contributed by atoms with Gasteiger partial charge in [0.1, 0.15) is 5.02 Å². The topological polar surface area (TPSA) is 98.0 Å². The lowest BCUT2D eigenvalue weighted by molar-refractivity contribution is 0.572. The summed E-state index contributed by atoms with van der Waals surface area (Å²) in [5.74, 6) is 0.717. The van der Waals surface area contributed by atoms with Crippen LogP contribution in [0.5, 0.6) is 0 Å². The summed E-state index contributed by atoms with van der Waals surface area (Å²) in [6, 6.07) is 0. The van der Waals surface area contributed by atoms with E-state index in [9.17, 15) is 8.42 Å². The summed E-state index contributed by atoms with van der Waals surface area (Å²) >= 11 is 5.92. The van der Waals surface area contributed by atoms with Crippen LogP contribution in [0.2, 0.25) is 5.02 Å². The van der Waals surface area contributed by atoms with Crippen LogP contribution in [0.1, 0.15) is 13.3 Å². The number of nitrogens with two attached hydrogens (primary N) is 1. The van der Waals surface area contributed by atoms with Gasteiger partial charge in [0.05, 0.1) is 23.2 Å². The van der Waals surface area contributed by atoms with Crippen molar-refractivity contribution in [2.45, 2.75) is 18.9 Å². The second kappa shape index (κ2) is 3.99. The maximum absolute atomic E-state index is 11.5. The Morgan fingerprint density at radius 1 is 1.59 bits per heavy atom. The van der Waals surface area contributed by atoms with Crippen LogP contribution in [-0.4, -0.2) is 35.4 Å². The Labute approximate surface area is 105 Å². The van der Waals surface area contributed by atoms with Crippen LogP contribution in [0.25, 0.3) is 0 Å². The molecule has 8 heteroatoms. The lowest BCUT2D eigenvalue weighted by Crippen LogP contribution is -2.36. The van der Waals surface area contributed by atoms with E-state index in [2.05, 4.69) is 15.3 Å². The molecule has 1 unspecified atom stereocenters. The molecular formula is C9H13ClN4O2S. The highest BCUT2D eigenvalue weighted by atomic mass is 35.5. The minimum Gasteiger partial charge on any atom is -0.368 e. The molecule has 17 heavy (non-hydrogen) atoms. The van der Waals surface area contributed by atoms with E-state index in [1.807, 2.05) is 6.92 Å². The Morgan fingerprint density at radius 3 is 2.88 bits per heavy atom. The average molecular weight is 277 g/mol. The Hall–Kier alpha value is -1.08. The Bertz CT molecular complexity index is 548. The minimum absolute atomic E-state index is 0.0697. The van der Waals surface area contributed by atoms with Crippen LogP contribution in [0.15, 0.2) is 6.20 Å². The number of nitrogen functional groups attached to an aromatic ring is 1. The lowest BCUT2D eigenvalue weighted by atomic mass is 10.0. The van der Waals surface area contributed by atoms with Gasteiger partial charge in [-0.2, -0.15) is 4.98 Å². The van der Waals surface area contributed by atoms with E-state index in [1.54, 1.807) is 0 Å². The third-order valence-corrected chi connectivity index (χ3v) is 4.87. The lowest BCUT2D eigenvalue weighted by Gasteiger charge is -2.24. The summed E-state index contributed by atoms with van der Waals surface area (Å²) in [5.41, 5.74) is 4.91. The van der Waals surface area contributed by atoms with Crippen molar-refractivity contribution >= 4 is 33.2 Å². The van der Waals surface area contributed by atoms with Gasteiger partial charge in [-0.3, -0.25) is 0 Å². The molecule has 1 aromatic heterocycles. The van der Waals surface area contributed by atoms with E-state index < -0.39 is 15.4 Å². The number of nitrogens with zero attached hydrogens (tertiary/aromatic N) is 2. The molecule has 0 bridgehead atoms. The highest BCUT2D eigenvalue weighted by Gasteiger charge is 2.38. The van der Waals surface area contributed by atoms with Gasteiger partial charge in [0.15, 0.2) is 15.7 Å². The van der Waals surface area contributed by atoms with Gasteiger partial charge in [0.25, 0.3) is 0 Å². The fourth-order valence-electron chi connectivity index (χ4n) is 1.86. The van der Waals surface area contributed by atoms with Gasteiger partial charge in [-0.1, -0.05) is 11.6 Å². The maximum atomic E-state index is 11.5. The molecule has 0 aromatic carbocycles. The molecule has 0 saturated carbocycles. The van der Waals surface area contributed by atoms with E-state index in [0.717, 1.165) is 0 Å². The third-order valence-electron chi connectivity index (χ3n) is 2.69. The van der Waals surface area contributed by atoms with Crippen LogP contribution in [0.4, 0.5) is 11.8 Å². The number of aromatic nitrogens is 2. The van der Waals surface area contributed by atoms with Crippen LogP contribution in [0.3, 0.4) is 0 Å². The molecule has 3 N–H and O–H groups in total. The van der Waals surface area contributed by atoms with Crippen molar-refractivity contribution in [3.05, 3.63) is 11.2 Å². The van der Waals surface area contributed by atoms with E-state index >= 15 is 0 Å². The molecule has 1 atom stereocenters. The minimum atomic E-state index is -2.98. The van der Waals surface area contributed by atoms with Gasteiger partial charge >= 0.3 is 0 Å². The number of anilines is 2. The first-order valence-electron chi connectivity index (χ1n) is 5.06. The van der Waals surface area contributed by atoms with E-state index in [1.165, 1.54) is 6.20 Å². The van der Waals surface area contributed by atoms with Gasteiger partial charge in [-0.15, -0.1) is 0 Å². The standard InChI is InChI=1S/C9H13ClN4O2S/c1-9(2-3-17(15,16)5-9)14-7-6(10)4-12-8(11)13-7/h4H,2-3,5H2,1H3,(H3,11,12,13,14). The van der Waals surface area contributed by atoms with Crippen molar-refractivity contribution in [2.75, 3.05) is 22.6 Å². The first kappa shape index (κ1) is 12.4. The molecule has 0 aliphatic carbocycles. The van der Waals surface area contributed by atoms with Gasteiger partial charge in [-0.25, -0.2) is 13.4 Å². The maximum Gasteiger partial charge on any atom is 0.222 e. The molecule has 6 nitrogen and oxygen atoms in total. The van der Waals surface area contributed by atoms with Gasteiger partial charge < -0.3 is 11.1 Å². The van der Waals surface area contributed by atoms with Crippen LogP contribution in [0, 0.1) is 0 Å². The number of halogens is 1. The Kier molecular flexibility index (Phi) is 2.90. The summed E-state index contributed by atoms with van der Waals surface area (Å²) < 4.78 is 22.9. The highest BCUT2D eigenvalue weighted by Crippen LogP contribution is 2.29. The molecule has 1 saturated heterocycles. The summed E-state index contributed by atoms with van der Waals surface area (Å²) in [4.78, 5) is 7.70.